The highest BCUT2D eigenvalue weighted by molar-refractivity contribution is 7.17. The first-order valence-electron chi connectivity index (χ1n) is 8.02. The topological polar surface area (TPSA) is 97.6 Å². The summed E-state index contributed by atoms with van der Waals surface area (Å²) in [5.41, 5.74) is 1.45. The molecule has 0 unspecified atom stereocenters. The molecule has 2 aromatic rings. The first kappa shape index (κ1) is 17.6. The summed E-state index contributed by atoms with van der Waals surface area (Å²) in [6.07, 6.45) is 4.82. The molecular formula is C16H20N4O4S. The Balaban J connectivity index is 1.88. The van der Waals surface area contributed by atoms with E-state index >= 15 is 0 Å². The molecule has 3 heterocycles. The molecule has 2 aromatic heterocycles. The summed E-state index contributed by atoms with van der Waals surface area (Å²) in [5.74, 6) is -1.30. The molecule has 1 fully saturated rings. The predicted molar refractivity (Wildman–Crippen MR) is 91.6 cm³/mol. The second kappa shape index (κ2) is 7.32. The minimum atomic E-state index is -1.02. The van der Waals surface area contributed by atoms with Crippen LogP contribution in [0.4, 0.5) is 0 Å². The lowest BCUT2D eigenvalue weighted by Crippen LogP contribution is -2.46. The van der Waals surface area contributed by atoms with Crippen molar-refractivity contribution in [2.45, 2.75) is 25.8 Å². The molecule has 0 atom stereocenters. The number of amides is 1. The second-order valence-corrected chi connectivity index (χ2v) is 7.01. The minimum absolute atomic E-state index is 0.124. The lowest BCUT2D eigenvalue weighted by molar-refractivity contribution is -0.138. The van der Waals surface area contributed by atoms with Crippen molar-refractivity contribution < 1.29 is 19.4 Å². The van der Waals surface area contributed by atoms with Gasteiger partial charge in [-0.1, -0.05) is 0 Å². The van der Waals surface area contributed by atoms with Crippen LogP contribution in [0.5, 0.6) is 0 Å². The van der Waals surface area contributed by atoms with Crippen LogP contribution in [0.1, 0.15) is 28.2 Å². The van der Waals surface area contributed by atoms with E-state index in [1.807, 2.05) is 13.2 Å². The van der Waals surface area contributed by atoms with Gasteiger partial charge in [-0.3, -0.25) is 14.3 Å². The SMILES string of the molecule is Cc1nc(-c2cnn(C)c2)sc1C(=O)N(CC(=O)O)C1CCOCC1. The molecule has 8 nitrogen and oxygen atoms in total. The Hall–Kier alpha value is -2.26. The Morgan fingerprint density at radius 1 is 1.44 bits per heavy atom. The number of aryl methyl sites for hydroxylation is 2. The van der Waals surface area contributed by atoms with Gasteiger partial charge in [-0.25, -0.2) is 4.98 Å². The number of ether oxygens (including phenoxy) is 1. The highest BCUT2D eigenvalue weighted by Gasteiger charge is 2.30. The van der Waals surface area contributed by atoms with Gasteiger partial charge in [-0.15, -0.1) is 11.3 Å². The van der Waals surface area contributed by atoms with Gasteiger partial charge in [0.2, 0.25) is 0 Å². The third-order valence-electron chi connectivity index (χ3n) is 4.14. The van der Waals surface area contributed by atoms with Crippen LogP contribution in [0.15, 0.2) is 12.4 Å². The molecule has 134 valence electrons. The Bertz CT molecular complexity index is 779. The van der Waals surface area contributed by atoms with Crippen molar-refractivity contribution in [1.29, 1.82) is 0 Å². The lowest BCUT2D eigenvalue weighted by atomic mass is 10.1. The van der Waals surface area contributed by atoms with E-state index in [1.54, 1.807) is 17.8 Å². The summed E-state index contributed by atoms with van der Waals surface area (Å²) in [6.45, 7) is 2.53. The van der Waals surface area contributed by atoms with Crippen LogP contribution in [-0.2, 0) is 16.6 Å². The van der Waals surface area contributed by atoms with Gasteiger partial charge in [0, 0.05) is 38.1 Å². The van der Waals surface area contributed by atoms with Crippen LogP contribution in [0, 0.1) is 6.92 Å². The number of hydrogen-bond acceptors (Lipinski definition) is 6. The first-order valence-corrected chi connectivity index (χ1v) is 8.84. The zero-order valence-electron chi connectivity index (χ0n) is 14.1. The molecule has 9 heteroatoms. The largest absolute Gasteiger partial charge is 0.480 e. The maximum atomic E-state index is 13.0. The van der Waals surface area contributed by atoms with Crippen molar-refractivity contribution in [2.24, 2.45) is 7.05 Å². The Morgan fingerprint density at radius 2 is 2.16 bits per heavy atom. The highest BCUT2D eigenvalue weighted by atomic mass is 32.1. The predicted octanol–water partition coefficient (Wildman–Crippen LogP) is 1.56. The summed E-state index contributed by atoms with van der Waals surface area (Å²) >= 11 is 1.27. The minimum Gasteiger partial charge on any atom is -0.480 e. The molecule has 0 bridgehead atoms. The summed E-state index contributed by atoms with van der Waals surface area (Å²) < 4.78 is 7.00. The van der Waals surface area contributed by atoms with Gasteiger partial charge >= 0.3 is 5.97 Å². The van der Waals surface area contributed by atoms with Gasteiger partial charge < -0.3 is 14.7 Å². The van der Waals surface area contributed by atoms with Crippen molar-refractivity contribution >= 4 is 23.2 Å². The number of carbonyl (C=O) groups is 2. The van der Waals surface area contributed by atoms with E-state index in [9.17, 15) is 14.7 Å². The molecule has 25 heavy (non-hydrogen) atoms. The number of carboxylic acids is 1. The van der Waals surface area contributed by atoms with Gasteiger partial charge in [0.05, 0.1) is 11.9 Å². The average Bonchev–Trinajstić information content (AvgIpc) is 3.18. The summed E-state index contributed by atoms with van der Waals surface area (Å²) in [5, 5.41) is 14.0. The molecule has 0 radical (unpaired) electrons. The van der Waals surface area contributed by atoms with Gasteiger partial charge in [0.15, 0.2) is 0 Å². The second-order valence-electron chi connectivity index (χ2n) is 6.01. The zero-order valence-corrected chi connectivity index (χ0v) is 15.0. The number of aromatic nitrogens is 3. The van der Waals surface area contributed by atoms with Crippen molar-refractivity contribution in [2.75, 3.05) is 19.8 Å². The molecule has 1 aliphatic heterocycles. The van der Waals surface area contributed by atoms with Crippen molar-refractivity contribution in [3.8, 4) is 10.6 Å². The number of aliphatic carboxylic acids is 1. The molecule has 1 amide bonds. The normalized spacial score (nSPS) is 15.3. The van der Waals surface area contributed by atoms with Crippen LogP contribution < -0.4 is 0 Å². The van der Waals surface area contributed by atoms with E-state index in [-0.39, 0.29) is 18.5 Å². The Kier molecular flexibility index (Phi) is 5.14. The van der Waals surface area contributed by atoms with Crippen LogP contribution >= 0.6 is 11.3 Å². The Morgan fingerprint density at radius 3 is 2.76 bits per heavy atom. The number of nitrogens with zero attached hydrogens (tertiary/aromatic N) is 4. The number of carboxylic acid groups (broad SMARTS) is 1. The van der Waals surface area contributed by atoms with Crippen LogP contribution in [-0.4, -0.2) is 62.4 Å². The lowest BCUT2D eigenvalue weighted by Gasteiger charge is -2.33. The standard InChI is InChI=1S/C16H20N4O4S/c1-10-14(25-15(18-10)11-7-17-19(2)8-11)16(23)20(9-13(21)22)12-3-5-24-6-4-12/h7-8,12H,3-6,9H2,1-2H3,(H,21,22). The van der Waals surface area contributed by atoms with Crippen molar-refractivity contribution in [3.05, 3.63) is 23.0 Å². The maximum absolute atomic E-state index is 13.0. The third-order valence-corrected chi connectivity index (χ3v) is 5.34. The van der Waals surface area contributed by atoms with Crippen molar-refractivity contribution in [1.82, 2.24) is 19.7 Å². The van der Waals surface area contributed by atoms with E-state index in [0.717, 1.165) is 5.56 Å². The van der Waals surface area contributed by atoms with E-state index in [1.165, 1.54) is 16.2 Å². The number of hydrogen-bond donors (Lipinski definition) is 1. The maximum Gasteiger partial charge on any atom is 0.323 e. The molecule has 3 rings (SSSR count). The number of thiazole rings is 1. The Labute approximate surface area is 149 Å². The fourth-order valence-corrected chi connectivity index (χ4v) is 3.89. The molecule has 0 aliphatic carbocycles. The molecule has 0 spiro atoms. The quantitative estimate of drug-likeness (QED) is 0.865. The average molecular weight is 364 g/mol. The molecule has 0 aromatic carbocycles. The van der Waals surface area contributed by atoms with Crippen molar-refractivity contribution in [3.63, 3.8) is 0 Å². The summed E-state index contributed by atoms with van der Waals surface area (Å²) in [7, 11) is 1.82. The van der Waals surface area contributed by atoms with Gasteiger partial charge in [-0.2, -0.15) is 5.10 Å². The van der Waals surface area contributed by atoms with Crippen LogP contribution in [0.2, 0.25) is 0 Å². The number of carbonyl (C=O) groups excluding carboxylic acids is 1. The number of rotatable bonds is 5. The van der Waals surface area contributed by atoms with Crippen LogP contribution in [0.3, 0.4) is 0 Å². The molecule has 0 saturated carbocycles. The van der Waals surface area contributed by atoms with E-state index in [4.69, 9.17) is 4.74 Å². The van der Waals surface area contributed by atoms with Gasteiger partial charge in [0.25, 0.3) is 5.91 Å². The van der Waals surface area contributed by atoms with Crippen LogP contribution in [0.25, 0.3) is 10.6 Å². The van der Waals surface area contributed by atoms with E-state index < -0.39 is 5.97 Å². The first-order chi connectivity index (χ1) is 12.0. The monoisotopic (exact) mass is 364 g/mol. The third kappa shape index (κ3) is 3.88. The summed E-state index contributed by atoms with van der Waals surface area (Å²) in [6, 6.07) is -0.124. The molecule has 1 N–H and O–H groups in total. The fourth-order valence-electron chi connectivity index (χ4n) is 2.89. The van der Waals surface area contributed by atoms with Gasteiger partial charge in [-0.05, 0) is 19.8 Å². The smallest absolute Gasteiger partial charge is 0.323 e. The molecule has 1 saturated heterocycles. The van der Waals surface area contributed by atoms with E-state index in [0.29, 0.717) is 41.6 Å². The molecule has 1 aliphatic rings. The zero-order chi connectivity index (χ0) is 18.0. The fraction of sp³-hybridized carbons (Fsp3) is 0.500. The van der Waals surface area contributed by atoms with E-state index in [2.05, 4.69) is 10.1 Å². The highest BCUT2D eigenvalue weighted by Crippen LogP contribution is 2.29. The van der Waals surface area contributed by atoms with Gasteiger partial charge in [0.1, 0.15) is 16.4 Å². The summed E-state index contributed by atoms with van der Waals surface area (Å²) in [4.78, 5) is 30.7. The molecular weight excluding hydrogens is 344 g/mol.